The van der Waals surface area contributed by atoms with Crippen molar-refractivity contribution in [3.05, 3.63) is 71.8 Å². The fourth-order valence-electron chi connectivity index (χ4n) is 3.47. The molecule has 0 unspecified atom stereocenters. The first kappa shape index (κ1) is 21.5. The van der Waals surface area contributed by atoms with E-state index in [1.165, 1.54) is 14.2 Å². The Morgan fingerprint density at radius 3 is 2.16 bits per heavy atom. The van der Waals surface area contributed by atoms with E-state index in [0.29, 0.717) is 33.6 Å². The van der Waals surface area contributed by atoms with Gasteiger partial charge in [0.1, 0.15) is 0 Å². The average molecular weight is 452 g/mol. The Kier molecular flexibility index (Phi) is 5.67. The quantitative estimate of drug-likeness (QED) is 0.414. The van der Waals surface area contributed by atoms with Gasteiger partial charge in [-0.3, -0.25) is 4.79 Å². The Morgan fingerprint density at radius 1 is 0.875 bits per heavy atom. The molecule has 0 spiro atoms. The maximum atomic E-state index is 13.3. The van der Waals surface area contributed by atoms with Crippen molar-refractivity contribution in [3.8, 4) is 11.5 Å². The zero-order chi connectivity index (χ0) is 22.9. The molecule has 0 radical (unpaired) electrons. The van der Waals surface area contributed by atoms with Crippen LogP contribution in [0.2, 0.25) is 0 Å². The lowest BCUT2D eigenvalue weighted by molar-refractivity contribution is 0.0855. The normalized spacial score (nSPS) is 11.5. The highest BCUT2D eigenvalue weighted by molar-refractivity contribution is 7.88. The minimum absolute atomic E-state index is 0.189. The summed E-state index contributed by atoms with van der Waals surface area (Å²) >= 11 is 0. The predicted molar refractivity (Wildman–Crippen MR) is 121 cm³/mol. The molecule has 1 heterocycles. The van der Waals surface area contributed by atoms with Crippen molar-refractivity contribution in [3.63, 3.8) is 0 Å². The molecule has 32 heavy (non-hydrogen) atoms. The summed E-state index contributed by atoms with van der Waals surface area (Å²) in [7, 11) is -0.946. The molecule has 0 saturated carbocycles. The summed E-state index contributed by atoms with van der Waals surface area (Å²) in [6.07, 6.45) is 0.992. The number of nitrogens with zero attached hydrogens (tertiary/aromatic N) is 3. The van der Waals surface area contributed by atoms with Crippen molar-refractivity contribution in [2.45, 2.75) is 6.54 Å². The largest absolute Gasteiger partial charge is 0.493 e. The first-order valence-corrected chi connectivity index (χ1v) is 11.5. The zero-order valence-electron chi connectivity index (χ0n) is 17.8. The summed E-state index contributed by atoms with van der Waals surface area (Å²) in [5, 5.41) is 0. The topological polar surface area (TPSA) is 98.7 Å². The lowest BCUT2D eigenvalue weighted by Crippen LogP contribution is -2.35. The van der Waals surface area contributed by atoms with E-state index in [4.69, 9.17) is 9.47 Å². The van der Waals surface area contributed by atoms with Crippen LogP contribution in [-0.2, 0) is 16.6 Å². The van der Waals surface area contributed by atoms with Crippen LogP contribution in [0.1, 0.15) is 15.9 Å². The Balaban J connectivity index is 1.76. The minimum atomic E-state index is -3.89. The third kappa shape index (κ3) is 4.06. The van der Waals surface area contributed by atoms with Gasteiger partial charge < -0.3 is 9.47 Å². The molecule has 1 amide bonds. The number of sulfonamides is 1. The van der Waals surface area contributed by atoms with Gasteiger partial charge in [0.25, 0.3) is 5.91 Å². The molecular formula is C23H21N3O5S. The number of methoxy groups -OCH3 is 2. The number of para-hydroxylation sites is 3. The van der Waals surface area contributed by atoms with Gasteiger partial charge >= 0.3 is 0 Å². The molecule has 0 N–H and O–H groups in total. The average Bonchev–Trinajstić information content (AvgIpc) is 2.79. The van der Waals surface area contributed by atoms with Gasteiger partial charge in [0.05, 0.1) is 49.1 Å². The Labute approximate surface area is 185 Å². The molecule has 0 aliphatic rings. The zero-order valence-corrected chi connectivity index (χ0v) is 18.6. The molecule has 0 saturated heterocycles. The van der Waals surface area contributed by atoms with Gasteiger partial charge in [0.2, 0.25) is 10.0 Å². The third-order valence-electron chi connectivity index (χ3n) is 5.01. The van der Waals surface area contributed by atoms with E-state index in [1.54, 1.807) is 36.4 Å². The second-order valence-electron chi connectivity index (χ2n) is 7.14. The van der Waals surface area contributed by atoms with Gasteiger partial charge in [-0.25, -0.2) is 22.7 Å². The van der Waals surface area contributed by atoms with E-state index in [0.717, 1.165) is 16.1 Å². The smallest absolute Gasteiger partial charge is 0.267 e. The first-order chi connectivity index (χ1) is 15.3. The summed E-state index contributed by atoms with van der Waals surface area (Å²) in [5.41, 5.74) is 3.22. The summed E-state index contributed by atoms with van der Waals surface area (Å²) in [6, 6.07) is 17.3. The number of carbonyl (C=O) groups excluding carboxylic acids is 1. The fraction of sp³-hybridized carbons (Fsp3) is 0.174. The van der Waals surface area contributed by atoms with Crippen LogP contribution in [-0.4, -0.2) is 49.1 Å². The first-order valence-electron chi connectivity index (χ1n) is 9.70. The SMILES string of the molecule is COc1cccc(CN(C(=O)c2ccc3nc4ccccc4nc3c2)S(C)(=O)=O)c1OC. The van der Waals surface area contributed by atoms with Crippen molar-refractivity contribution < 1.29 is 22.7 Å². The molecule has 0 aliphatic carbocycles. The number of rotatable bonds is 6. The number of fused-ring (bicyclic) bond motifs is 2. The van der Waals surface area contributed by atoms with Crippen molar-refractivity contribution in [1.82, 2.24) is 14.3 Å². The number of carbonyl (C=O) groups is 1. The van der Waals surface area contributed by atoms with Crippen LogP contribution in [0.25, 0.3) is 22.1 Å². The lowest BCUT2D eigenvalue weighted by Gasteiger charge is -2.22. The molecule has 9 heteroatoms. The highest BCUT2D eigenvalue weighted by Gasteiger charge is 2.27. The molecule has 0 atom stereocenters. The van der Waals surface area contributed by atoms with Crippen LogP contribution in [0.5, 0.6) is 11.5 Å². The number of aromatic nitrogens is 2. The second-order valence-corrected chi connectivity index (χ2v) is 9.05. The van der Waals surface area contributed by atoms with E-state index in [-0.39, 0.29) is 12.1 Å². The van der Waals surface area contributed by atoms with Crippen LogP contribution in [0.4, 0.5) is 0 Å². The number of hydrogen-bond donors (Lipinski definition) is 0. The maximum absolute atomic E-state index is 13.3. The second kappa shape index (κ2) is 8.43. The minimum Gasteiger partial charge on any atom is -0.493 e. The Bertz CT molecular complexity index is 1440. The predicted octanol–water partition coefficient (Wildman–Crippen LogP) is 3.40. The van der Waals surface area contributed by atoms with E-state index in [1.807, 2.05) is 24.3 Å². The molecule has 0 aliphatic heterocycles. The highest BCUT2D eigenvalue weighted by Crippen LogP contribution is 2.32. The summed E-state index contributed by atoms with van der Waals surface area (Å²) in [4.78, 5) is 22.4. The molecule has 4 rings (SSSR count). The van der Waals surface area contributed by atoms with Crippen molar-refractivity contribution in [2.24, 2.45) is 0 Å². The number of hydrogen-bond acceptors (Lipinski definition) is 7. The fourth-order valence-corrected chi connectivity index (χ4v) is 4.25. The van der Waals surface area contributed by atoms with Gasteiger partial charge in [0.15, 0.2) is 11.5 Å². The van der Waals surface area contributed by atoms with E-state index >= 15 is 0 Å². The Morgan fingerprint density at radius 2 is 1.53 bits per heavy atom. The lowest BCUT2D eigenvalue weighted by atomic mass is 10.1. The van der Waals surface area contributed by atoms with Gasteiger partial charge in [-0.15, -0.1) is 0 Å². The number of benzene rings is 3. The van der Waals surface area contributed by atoms with E-state index in [9.17, 15) is 13.2 Å². The van der Waals surface area contributed by atoms with Crippen molar-refractivity contribution in [1.29, 1.82) is 0 Å². The van der Waals surface area contributed by atoms with Gasteiger partial charge in [-0.2, -0.15) is 0 Å². The third-order valence-corrected chi connectivity index (χ3v) is 6.11. The van der Waals surface area contributed by atoms with Gasteiger partial charge in [-0.1, -0.05) is 24.3 Å². The summed E-state index contributed by atoms with van der Waals surface area (Å²) in [5.74, 6) is 0.139. The van der Waals surface area contributed by atoms with Gasteiger partial charge in [-0.05, 0) is 36.4 Å². The van der Waals surface area contributed by atoms with Crippen LogP contribution in [0.15, 0.2) is 60.7 Å². The molecule has 3 aromatic carbocycles. The van der Waals surface area contributed by atoms with E-state index in [2.05, 4.69) is 9.97 Å². The summed E-state index contributed by atoms with van der Waals surface area (Å²) in [6.45, 7) is -0.209. The molecule has 0 fully saturated rings. The molecule has 4 aromatic rings. The molecule has 8 nitrogen and oxygen atoms in total. The van der Waals surface area contributed by atoms with Crippen LogP contribution >= 0.6 is 0 Å². The number of ether oxygens (including phenoxy) is 2. The van der Waals surface area contributed by atoms with Crippen LogP contribution < -0.4 is 9.47 Å². The maximum Gasteiger partial charge on any atom is 0.267 e. The number of amides is 1. The van der Waals surface area contributed by atoms with Gasteiger partial charge in [0, 0.05) is 11.1 Å². The molecule has 1 aromatic heterocycles. The van der Waals surface area contributed by atoms with Crippen molar-refractivity contribution >= 4 is 38.0 Å². The van der Waals surface area contributed by atoms with E-state index < -0.39 is 15.9 Å². The molecular weight excluding hydrogens is 430 g/mol. The highest BCUT2D eigenvalue weighted by atomic mass is 32.2. The Hall–Kier alpha value is -3.72. The van der Waals surface area contributed by atoms with Crippen molar-refractivity contribution in [2.75, 3.05) is 20.5 Å². The monoisotopic (exact) mass is 451 g/mol. The summed E-state index contributed by atoms with van der Waals surface area (Å²) < 4.78 is 36.6. The van der Waals surface area contributed by atoms with Crippen LogP contribution in [0, 0.1) is 0 Å². The standard InChI is InChI=1S/C23H21N3O5S/c1-30-21-10-6-7-16(22(21)31-2)14-26(32(3,28)29)23(27)15-11-12-19-20(13-15)25-18-9-5-4-8-17(18)24-19/h4-13H,14H2,1-3H3. The van der Waals surface area contributed by atoms with Crippen LogP contribution in [0.3, 0.4) is 0 Å². The molecule has 164 valence electrons. The molecule has 0 bridgehead atoms.